The molecule has 0 spiro atoms. The van der Waals surface area contributed by atoms with E-state index in [0.717, 1.165) is 5.56 Å². The fourth-order valence-corrected chi connectivity index (χ4v) is 2.16. The summed E-state index contributed by atoms with van der Waals surface area (Å²) in [5.74, 6) is -1.57. The van der Waals surface area contributed by atoms with Crippen LogP contribution in [0.3, 0.4) is 0 Å². The van der Waals surface area contributed by atoms with Crippen LogP contribution in [0.2, 0.25) is 0 Å². The maximum Gasteiger partial charge on any atom is 0.333 e. The van der Waals surface area contributed by atoms with Crippen LogP contribution in [0.4, 0.5) is 0 Å². The van der Waals surface area contributed by atoms with Gasteiger partial charge in [0, 0.05) is 18.5 Å². The Labute approximate surface area is 153 Å². The minimum atomic E-state index is -1.07. The summed E-state index contributed by atoms with van der Waals surface area (Å²) in [6.07, 6.45) is -1.81. The third-order valence-electron chi connectivity index (χ3n) is 3.49. The number of carboxylic acids is 1. The van der Waals surface area contributed by atoms with Crippen molar-refractivity contribution >= 4 is 11.9 Å². The molecule has 0 aliphatic heterocycles. The van der Waals surface area contributed by atoms with Gasteiger partial charge in [0.2, 0.25) is 0 Å². The zero-order chi connectivity index (χ0) is 19.5. The van der Waals surface area contributed by atoms with Crippen LogP contribution in [0.15, 0.2) is 30.3 Å². The summed E-state index contributed by atoms with van der Waals surface area (Å²) >= 11 is 0. The Kier molecular flexibility index (Phi) is 9.82. The summed E-state index contributed by atoms with van der Waals surface area (Å²) in [5, 5.41) is 21.2. The molecule has 0 radical (unpaired) electrons. The lowest BCUT2D eigenvalue weighted by Crippen LogP contribution is -2.46. The molecule has 4 atom stereocenters. The quantitative estimate of drug-likeness (QED) is 0.406. The second-order valence-corrected chi connectivity index (χ2v) is 6.24. The van der Waals surface area contributed by atoms with E-state index >= 15 is 0 Å². The third-order valence-corrected chi connectivity index (χ3v) is 3.49. The second-order valence-electron chi connectivity index (χ2n) is 6.24. The molecule has 0 heterocycles. The van der Waals surface area contributed by atoms with Crippen LogP contribution in [0.1, 0.15) is 19.4 Å². The average molecular weight is 368 g/mol. The van der Waals surface area contributed by atoms with Gasteiger partial charge in [-0.2, -0.15) is 0 Å². The maximum atomic E-state index is 12.1. The van der Waals surface area contributed by atoms with E-state index < -0.39 is 36.7 Å². The lowest BCUT2D eigenvalue weighted by Gasteiger charge is -2.21. The van der Waals surface area contributed by atoms with E-state index in [9.17, 15) is 19.8 Å². The molecule has 0 unspecified atom stereocenters. The number of amides is 1. The molecule has 5 N–H and O–H groups in total. The fourth-order valence-electron chi connectivity index (χ4n) is 2.16. The summed E-state index contributed by atoms with van der Waals surface area (Å²) in [6, 6.07) is 8.45. The summed E-state index contributed by atoms with van der Waals surface area (Å²) in [7, 11) is 0. The van der Waals surface area contributed by atoms with Gasteiger partial charge in [-0.05, 0) is 19.4 Å². The Morgan fingerprint density at radius 1 is 1.12 bits per heavy atom. The van der Waals surface area contributed by atoms with E-state index in [-0.39, 0.29) is 25.7 Å². The van der Waals surface area contributed by atoms with Crippen molar-refractivity contribution in [2.75, 3.05) is 19.8 Å². The molecule has 0 aliphatic rings. The van der Waals surface area contributed by atoms with Gasteiger partial charge in [-0.25, -0.2) is 4.79 Å². The van der Waals surface area contributed by atoms with E-state index in [4.69, 9.17) is 15.2 Å². The highest BCUT2D eigenvalue weighted by molar-refractivity contribution is 5.81. The van der Waals surface area contributed by atoms with Crippen molar-refractivity contribution in [2.24, 2.45) is 5.73 Å². The third kappa shape index (κ3) is 8.39. The number of aliphatic hydroxyl groups excluding tert-OH is 1. The molecule has 0 bridgehead atoms. The minimum Gasteiger partial charge on any atom is -0.479 e. The molecule has 8 nitrogen and oxygen atoms in total. The van der Waals surface area contributed by atoms with Gasteiger partial charge in [0.25, 0.3) is 5.91 Å². The molecule has 0 aliphatic carbocycles. The van der Waals surface area contributed by atoms with Crippen LogP contribution in [0.5, 0.6) is 0 Å². The Balaban J connectivity index is 2.47. The molecule has 0 saturated heterocycles. The molecule has 1 aromatic carbocycles. The highest BCUT2D eigenvalue weighted by Crippen LogP contribution is 2.07. The Hall–Kier alpha value is -2.00. The van der Waals surface area contributed by atoms with Gasteiger partial charge in [0.1, 0.15) is 0 Å². The maximum absolute atomic E-state index is 12.1. The highest BCUT2D eigenvalue weighted by atomic mass is 16.5. The Morgan fingerprint density at radius 2 is 1.73 bits per heavy atom. The van der Waals surface area contributed by atoms with Crippen molar-refractivity contribution in [2.45, 2.75) is 44.6 Å². The molecule has 1 amide bonds. The predicted octanol–water partition coefficient (Wildman–Crippen LogP) is -0.0717. The van der Waals surface area contributed by atoms with E-state index in [1.807, 2.05) is 30.3 Å². The monoisotopic (exact) mass is 368 g/mol. The molecule has 26 heavy (non-hydrogen) atoms. The lowest BCUT2D eigenvalue weighted by atomic mass is 10.1. The largest absolute Gasteiger partial charge is 0.479 e. The number of benzene rings is 1. The molecular formula is C18H28N2O6. The molecule has 146 valence electrons. The number of aliphatic carboxylic acids is 1. The van der Waals surface area contributed by atoms with Gasteiger partial charge in [-0.1, -0.05) is 30.3 Å². The normalized spacial score (nSPS) is 15.7. The first kappa shape index (κ1) is 22.0. The molecule has 0 fully saturated rings. The van der Waals surface area contributed by atoms with E-state index in [0.29, 0.717) is 0 Å². The number of nitrogens with two attached hydrogens (primary N) is 1. The topological polar surface area (TPSA) is 131 Å². The van der Waals surface area contributed by atoms with Crippen molar-refractivity contribution in [3.63, 3.8) is 0 Å². The number of nitrogens with one attached hydrogen (secondary N) is 1. The summed E-state index contributed by atoms with van der Waals surface area (Å²) < 4.78 is 10.7. The minimum absolute atomic E-state index is 0.0149. The molecule has 8 heteroatoms. The Bertz CT molecular complexity index is 552. The number of rotatable bonds is 12. The fraction of sp³-hybridized carbons (Fsp3) is 0.556. The van der Waals surface area contributed by atoms with Gasteiger partial charge in [-0.15, -0.1) is 0 Å². The summed E-state index contributed by atoms with van der Waals surface area (Å²) in [5.41, 5.74) is 6.40. The smallest absolute Gasteiger partial charge is 0.333 e. The predicted molar refractivity (Wildman–Crippen MR) is 95.6 cm³/mol. The number of carbonyl (C=O) groups excluding carboxylic acids is 1. The molecule has 1 aromatic rings. The number of aliphatic hydroxyl groups is 1. The summed E-state index contributed by atoms with van der Waals surface area (Å²) in [4.78, 5) is 23.4. The first-order valence-electron chi connectivity index (χ1n) is 8.50. The Morgan fingerprint density at radius 3 is 2.27 bits per heavy atom. The van der Waals surface area contributed by atoms with E-state index in [1.54, 1.807) is 13.8 Å². The number of carbonyl (C=O) groups is 2. The first-order chi connectivity index (χ1) is 12.3. The zero-order valence-electron chi connectivity index (χ0n) is 15.1. The molecule has 0 aromatic heterocycles. The molecule has 0 saturated carbocycles. The van der Waals surface area contributed by atoms with Crippen molar-refractivity contribution in [3.8, 4) is 0 Å². The lowest BCUT2D eigenvalue weighted by molar-refractivity contribution is -0.150. The average Bonchev–Trinajstić information content (AvgIpc) is 2.59. The second kappa shape index (κ2) is 11.6. The van der Waals surface area contributed by atoms with Crippen molar-refractivity contribution < 1.29 is 29.3 Å². The highest BCUT2D eigenvalue weighted by Gasteiger charge is 2.23. The van der Waals surface area contributed by atoms with Gasteiger partial charge >= 0.3 is 5.97 Å². The molecular weight excluding hydrogens is 340 g/mol. The van der Waals surface area contributed by atoms with Gasteiger partial charge in [0.15, 0.2) is 12.2 Å². The zero-order valence-corrected chi connectivity index (χ0v) is 15.1. The number of carboxylic acid groups (broad SMARTS) is 1. The number of hydrogen-bond acceptors (Lipinski definition) is 6. The van der Waals surface area contributed by atoms with Crippen LogP contribution in [-0.2, 0) is 25.5 Å². The van der Waals surface area contributed by atoms with E-state index in [2.05, 4.69) is 5.32 Å². The van der Waals surface area contributed by atoms with Crippen LogP contribution >= 0.6 is 0 Å². The van der Waals surface area contributed by atoms with Crippen molar-refractivity contribution in [1.29, 1.82) is 0 Å². The van der Waals surface area contributed by atoms with Crippen LogP contribution in [0.25, 0.3) is 0 Å². The first-order valence-corrected chi connectivity index (χ1v) is 8.50. The van der Waals surface area contributed by atoms with Gasteiger partial charge in [0.05, 0.1) is 19.8 Å². The standard InChI is InChI=1S/C18H28N2O6/c1-12(19)10-25-16(9-21)17(22)20-13(2)11-26-15(18(23)24)8-14-6-4-3-5-7-14/h3-7,12-13,15-16,21H,8-11,19H2,1-2H3,(H,20,22)(H,23,24)/t12-,13-,15-,16-/m0/s1. The van der Waals surface area contributed by atoms with Crippen molar-refractivity contribution in [1.82, 2.24) is 5.32 Å². The SMILES string of the molecule is C[C@H](N)CO[C@@H](CO)C(=O)N[C@@H](C)CO[C@@H](Cc1ccccc1)C(=O)O. The summed E-state index contributed by atoms with van der Waals surface area (Å²) in [6.45, 7) is 3.08. The van der Waals surface area contributed by atoms with Crippen LogP contribution in [0, 0.1) is 0 Å². The van der Waals surface area contributed by atoms with Gasteiger partial charge in [-0.3, -0.25) is 4.79 Å². The van der Waals surface area contributed by atoms with Crippen LogP contribution in [-0.4, -0.2) is 66.2 Å². The number of ether oxygens (including phenoxy) is 2. The van der Waals surface area contributed by atoms with Crippen LogP contribution < -0.4 is 11.1 Å². The molecule has 1 rings (SSSR count). The van der Waals surface area contributed by atoms with E-state index in [1.165, 1.54) is 0 Å². The van der Waals surface area contributed by atoms with Crippen molar-refractivity contribution in [3.05, 3.63) is 35.9 Å². The number of hydrogen-bond donors (Lipinski definition) is 4. The van der Waals surface area contributed by atoms with Gasteiger partial charge < -0.3 is 30.7 Å².